The lowest BCUT2D eigenvalue weighted by Gasteiger charge is -2.36. The van der Waals surface area contributed by atoms with Gasteiger partial charge in [-0.25, -0.2) is 13.2 Å². The number of rotatable bonds is 5. The van der Waals surface area contributed by atoms with Gasteiger partial charge in [-0.3, -0.25) is 14.7 Å². The smallest absolute Gasteiger partial charge is 0.409 e. The second kappa shape index (κ2) is 9.42. The molecule has 4 heterocycles. The van der Waals surface area contributed by atoms with E-state index in [0.29, 0.717) is 70.4 Å². The van der Waals surface area contributed by atoms with Crippen molar-refractivity contribution in [3.05, 3.63) is 23.8 Å². The lowest BCUT2D eigenvalue weighted by molar-refractivity contribution is 0.0754. The maximum Gasteiger partial charge on any atom is 0.409 e. The number of nitrogens with zero attached hydrogens (tertiary/aromatic N) is 5. The number of ether oxygens (including phenoxy) is 1. The Morgan fingerprint density at radius 2 is 1.92 bits per heavy atom. The fourth-order valence-electron chi connectivity index (χ4n) is 5.60. The van der Waals surface area contributed by atoms with Crippen molar-refractivity contribution in [2.24, 2.45) is 10.4 Å². The highest BCUT2D eigenvalue weighted by Crippen LogP contribution is 2.38. The number of hydrogen-bond acceptors (Lipinski definition) is 8. The van der Waals surface area contributed by atoms with Crippen molar-refractivity contribution in [3.8, 4) is 0 Å². The van der Waals surface area contributed by atoms with Crippen LogP contribution >= 0.6 is 0 Å². The van der Waals surface area contributed by atoms with E-state index in [4.69, 9.17) is 4.74 Å². The molecule has 4 aliphatic rings. The van der Waals surface area contributed by atoms with Gasteiger partial charge in [-0.2, -0.15) is 4.31 Å². The number of carbonyl (C=O) groups is 2. The van der Waals surface area contributed by atoms with Crippen molar-refractivity contribution < 1.29 is 22.7 Å². The number of piperazine rings is 1. The van der Waals surface area contributed by atoms with Crippen molar-refractivity contribution in [1.29, 1.82) is 0 Å². The SMILES string of the molecule is CCOC(=O)N1CCN(C[C@@H]2CCCN2S(=O)(=O)c2ccc3c(c2)C(=O)C2=NCC(C)(C)CN23)CC1. The Bertz CT molecular complexity index is 1190. The molecule has 1 atom stereocenters. The van der Waals surface area contributed by atoms with Crippen LogP contribution in [0.25, 0.3) is 0 Å². The Morgan fingerprint density at radius 3 is 2.64 bits per heavy atom. The van der Waals surface area contributed by atoms with Gasteiger partial charge < -0.3 is 14.5 Å². The van der Waals surface area contributed by atoms with E-state index in [9.17, 15) is 18.0 Å². The van der Waals surface area contributed by atoms with Crippen molar-refractivity contribution in [2.45, 2.75) is 44.6 Å². The third kappa shape index (κ3) is 4.52. The number of fused-ring (bicyclic) bond motifs is 3. The molecule has 196 valence electrons. The number of aliphatic imine (C=N–C) groups is 1. The van der Waals surface area contributed by atoms with Gasteiger partial charge in [0.05, 0.1) is 22.8 Å². The van der Waals surface area contributed by atoms with E-state index in [-0.39, 0.29) is 28.2 Å². The average Bonchev–Trinajstić information content (AvgIpc) is 3.42. The minimum Gasteiger partial charge on any atom is -0.450 e. The molecule has 2 saturated heterocycles. The van der Waals surface area contributed by atoms with Crippen LogP contribution in [0.5, 0.6) is 0 Å². The van der Waals surface area contributed by atoms with Gasteiger partial charge >= 0.3 is 6.09 Å². The molecule has 1 aromatic carbocycles. The highest BCUT2D eigenvalue weighted by Gasteiger charge is 2.42. The second-order valence-electron chi connectivity index (χ2n) is 10.8. The van der Waals surface area contributed by atoms with Crippen LogP contribution in [0, 0.1) is 5.41 Å². The molecule has 1 amide bonds. The van der Waals surface area contributed by atoms with Gasteiger partial charge in [0.1, 0.15) is 0 Å². The number of ketones is 1. The van der Waals surface area contributed by atoms with Gasteiger partial charge in [-0.1, -0.05) is 13.8 Å². The van der Waals surface area contributed by atoms with Crippen LogP contribution < -0.4 is 4.90 Å². The number of amides is 1. The maximum absolute atomic E-state index is 13.7. The molecule has 10 nitrogen and oxygen atoms in total. The normalized spacial score (nSPS) is 24.5. The molecule has 36 heavy (non-hydrogen) atoms. The Kier molecular flexibility index (Phi) is 6.59. The predicted octanol–water partition coefficient (Wildman–Crippen LogP) is 2.05. The summed E-state index contributed by atoms with van der Waals surface area (Å²) in [5.74, 6) is 0.217. The number of hydrogen-bond donors (Lipinski definition) is 0. The number of amidine groups is 1. The fourth-order valence-corrected chi connectivity index (χ4v) is 7.32. The third-order valence-corrected chi connectivity index (χ3v) is 9.45. The monoisotopic (exact) mass is 517 g/mol. The molecule has 0 aliphatic carbocycles. The van der Waals surface area contributed by atoms with Gasteiger partial charge in [0.25, 0.3) is 0 Å². The predicted molar refractivity (Wildman–Crippen MR) is 136 cm³/mol. The van der Waals surface area contributed by atoms with Gasteiger partial charge in [0.15, 0.2) is 5.84 Å². The quantitative estimate of drug-likeness (QED) is 0.589. The molecular formula is C25H35N5O5S. The third-order valence-electron chi connectivity index (χ3n) is 7.50. The van der Waals surface area contributed by atoms with E-state index < -0.39 is 10.0 Å². The van der Waals surface area contributed by atoms with Crippen LogP contribution in [-0.2, 0) is 14.8 Å². The number of benzene rings is 1. The topological polar surface area (TPSA) is 103 Å². The van der Waals surface area contributed by atoms with Gasteiger partial charge in [0.2, 0.25) is 15.8 Å². The van der Waals surface area contributed by atoms with Crippen LogP contribution in [0.2, 0.25) is 0 Å². The number of sulfonamides is 1. The van der Waals surface area contributed by atoms with E-state index in [1.54, 1.807) is 28.3 Å². The zero-order valence-corrected chi connectivity index (χ0v) is 22.1. The molecule has 5 rings (SSSR count). The number of anilines is 1. The average molecular weight is 518 g/mol. The van der Waals surface area contributed by atoms with E-state index in [1.165, 1.54) is 6.07 Å². The summed E-state index contributed by atoms with van der Waals surface area (Å²) in [5, 5.41) is 0. The number of Topliss-reactive ketones (excluding diaryl/α,β-unsaturated/α-hetero) is 1. The first-order chi connectivity index (χ1) is 17.1. The first-order valence-corrected chi connectivity index (χ1v) is 14.2. The van der Waals surface area contributed by atoms with E-state index >= 15 is 0 Å². The standard InChI is InChI=1S/C25H35N5O5S/c1-4-35-24(32)28-12-10-27(11-13-28)15-18-6-5-9-30(18)36(33,34)19-7-8-21-20(14-19)22(31)23-26-16-25(2,3)17-29(21)23/h7-8,14,18H,4-6,9-13,15-17H2,1-3H3/t18-/m0/s1. The summed E-state index contributed by atoms with van der Waals surface area (Å²) in [7, 11) is -3.76. The van der Waals surface area contributed by atoms with Crippen LogP contribution in [0.4, 0.5) is 10.5 Å². The van der Waals surface area contributed by atoms with Crippen molar-refractivity contribution in [2.75, 3.05) is 63.9 Å². The molecule has 1 aromatic rings. The first-order valence-electron chi connectivity index (χ1n) is 12.8. The summed E-state index contributed by atoms with van der Waals surface area (Å²) in [4.78, 5) is 35.5. The molecule has 0 radical (unpaired) electrons. The molecule has 4 aliphatic heterocycles. The summed E-state index contributed by atoms with van der Waals surface area (Å²) in [5.41, 5.74) is 1.10. The lowest BCUT2D eigenvalue weighted by Crippen LogP contribution is -2.52. The molecular weight excluding hydrogens is 482 g/mol. The lowest BCUT2D eigenvalue weighted by atomic mass is 9.91. The molecule has 0 N–H and O–H groups in total. The minimum atomic E-state index is -3.76. The van der Waals surface area contributed by atoms with Crippen LogP contribution in [0.3, 0.4) is 0 Å². The maximum atomic E-state index is 13.7. The fraction of sp³-hybridized carbons (Fsp3) is 0.640. The van der Waals surface area contributed by atoms with Gasteiger partial charge in [-0.15, -0.1) is 0 Å². The highest BCUT2D eigenvalue weighted by molar-refractivity contribution is 7.89. The second-order valence-corrected chi connectivity index (χ2v) is 12.7. The Labute approximate surface area is 212 Å². The summed E-state index contributed by atoms with van der Waals surface area (Å²) < 4.78 is 34.1. The number of carbonyl (C=O) groups excluding carboxylic acids is 2. The first kappa shape index (κ1) is 25.2. The zero-order valence-electron chi connectivity index (χ0n) is 21.3. The zero-order chi connectivity index (χ0) is 25.7. The largest absolute Gasteiger partial charge is 0.450 e. The minimum absolute atomic E-state index is 0.0549. The van der Waals surface area contributed by atoms with Gasteiger partial charge in [-0.05, 0) is 38.0 Å². The van der Waals surface area contributed by atoms with Gasteiger partial charge in [0, 0.05) is 63.8 Å². The molecule has 11 heteroatoms. The summed E-state index contributed by atoms with van der Waals surface area (Å²) in [6, 6.07) is 4.78. The molecule has 0 unspecified atom stereocenters. The molecule has 2 fully saturated rings. The summed E-state index contributed by atoms with van der Waals surface area (Å²) in [6.45, 7) is 11.2. The molecule has 0 bridgehead atoms. The van der Waals surface area contributed by atoms with E-state index in [0.717, 1.165) is 18.5 Å². The Balaban J connectivity index is 1.30. The van der Waals surface area contributed by atoms with Crippen molar-refractivity contribution >= 4 is 33.4 Å². The van der Waals surface area contributed by atoms with Crippen LogP contribution in [0.1, 0.15) is 44.0 Å². The molecule has 0 aromatic heterocycles. The Hall–Kier alpha value is -2.50. The van der Waals surface area contributed by atoms with E-state index in [2.05, 4.69) is 23.7 Å². The molecule has 0 spiro atoms. The van der Waals surface area contributed by atoms with Crippen molar-refractivity contribution in [1.82, 2.24) is 14.1 Å². The summed E-state index contributed by atoms with van der Waals surface area (Å²) in [6.07, 6.45) is 1.30. The highest BCUT2D eigenvalue weighted by atomic mass is 32.2. The Morgan fingerprint density at radius 1 is 1.17 bits per heavy atom. The van der Waals surface area contributed by atoms with Crippen LogP contribution in [0.15, 0.2) is 28.1 Å². The molecule has 0 saturated carbocycles. The van der Waals surface area contributed by atoms with Crippen molar-refractivity contribution in [3.63, 3.8) is 0 Å². The van der Waals surface area contributed by atoms with E-state index in [1.807, 2.05) is 4.90 Å². The summed E-state index contributed by atoms with van der Waals surface area (Å²) >= 11 is 0. The van der Waals surface area contributed by atoms with Crippen LogP contribution in [-0.4, -0.2) is 105 Å².